The van der Waals surface area contributed by atoms with E-state index in [1.54, 1.807) is 18.3 Å². The van der Waals surface area contributed by atoms with E-state index in [1.807, 2.05) is 20.8 Å². The number of nitrogens with zero attached hydrogens (tertiary/aromatic N) is 1. The van der Waals surface area contributed by atoms with Crippen molar-refractivity contribution >= 4 is 17.7 Å². The van der Waals surface area contributed by atoms with Gasteiger partial charge in [-0.05, 0) is 44.5 Å². The zero-order chi connectivity index (χ0) is 16.2. The number of hydrogen-bond acceptors (Lipinski definition) is 4. The first-order chi connectivity index (χ1) is 10.4. The summed E-state index contributed by atoms with van der Waals surface area (Å²) in [6, 6.07) is 5.98. The Balaban J connectivity index is 1.92. The van der Waals surface area contributed by atoms with Gasteiger partial charge in [-0.3, -0.25) is 4.79 Å². The molecule has 2 rings (SSSR count). The van der Waals surface area contributed by atoms with Crippen LogP contribution in [0.5, 0.6) is 0 Å². The highest BCUT2D eigenvalue weighted by atomic mass is 32.2. The van der Waals surface area contributed by atoms with Crippen molar-refractivity contribution < 1.29 is 13.6 Å². The van der Waals surface area contributed by atoms with Gasteiger partial charge in [-0.2, -0.15) is 0 Å². The van der Waals surface area contributed by atoms with Gasteiger partial charge in [0.05, 0.1) is 11.9 Å². The topological polar surface area (TPSA) is 55.1 Å². The van der Waals surface area contributed by atoms with Crippen LogP contribution in [0.15, 0.2) is 40.1 Å². The molecule has 0 aliphatic heterocycles. The average molecular weight is 322 g/mol. The lowest BCUT2D eigenvalue weighted by Crippen LogP contribution is -2.43. The molecule has 6 heteroatoms. The van der Waals surface area contributed by atoms with Crippen molar-refractivity contribution in [3.05, 3.63) is 36.3 Å². The van der Waals surface area contributed by atoms with Gasteiger partial charge in [0.2, 0.25) is 5.91 Å². The summed E-state index contributed by atoms with van der Waals surface area (Å²) in [6.07, 6.45) is 2.43. The molecule has 1 heterocycles. The highest BCUT2D eigenvalue weighted by Gasteiger charge is 2.18. The normalized spacial score (nSPS) is 11.5. The van der Waals surface area contributed by atoms with Crippen LogP contribution in [0.3, 0.4) is 0 Å². The predicted molar refractivity (Wildman–Crippen MR) is 85.1 cm³/mol. The summed E-state index contributed by atoms with van der Waals surface area (Å²) in [5, 5.41) is 3.37. The predicted octanol–water partition coefficient (Wildman–Crippen LogP) is 3.88. The Morgan fingerprint density at radius 1 is 1.36 bits per heavy atom. The van der Waals surface area contributed by atoms with E-state index in [2.05, 4.69) is 10.3 Å². The maximum absolute atomic E-state index is 12.9. The number of nitrogens with one attached hydrogen (secondary N) is 1. The second kappa shape index (κ2) is 6.96. The monoisotopic (exact) mass is 322 g/mol. The van der Waals surface area contributed by atoms with Crippen LogP contribution in [-0.4, -0.2) is 22.2 Å². The van der Waals surface area contributed by atoms with Crippen LogP contribution in [-0.2, 0) is 4.79 Å². The lowest BCUT2D eigenvalue weighted by Gasteiger charge is -2.24. The molecule has 118 valence electrons. The minimum absolute atomic E-state index is 0.0571. The Labute approximate surface area is 133 Å². The van der Waals surface area contributed by atoms with E-state index in [1.165, 1.54) is 23.9 Å². The molecule has 2 aromatic rings. The summed E-state index contributed by atoms with van der Waals surface area (Å²) in [5.74, 6) is 0.440. The standard InChI is InChI=1S/C16H19FN2O2S/c1-4-16(2,3)19-14(20)10-22-15-18-9-13(21-15)11-5-7-12(17)8-6-11/h5-9H,4,10H2,1-3H3,(H,19,20). The molecule has 0 aliphatic carbocycles. The Bertz CT molecular complexity index is 638. The Hall–Kier alpha value is -1.82. The van der Waals surface area contributed by atoms with Gasteiger partial charge in [-0.15, -0.1) is 0 Å². The second-order valence-corrected chi connectivity index (χ2v) is 6.50. The fraction of sp³-hybridized carbons (Fsp3) is 0.375. The highest BCUT2D eigenvalue weighted by Crippen LogP contribution is 2.25. The van der Waals surface area contributed by atoms with Crippen LogP contribution in [0.2, 0.25) is 0 Å². The molecule has 0 aliphatic rings. The smallest absolute Gasteiger partial charge is 0.256 e. The Kier molecular flexibility index (Phi) is 5.24. The first kappa shape index (κ1) is 16.5. The molecule has 0 radical (unpaired) electrons. The molecular weight excluding hydrogens is 303 g/mol. The fourth-order valence-electron chi connectivity index (χ4n) is 1.70. The summed E-state index contributed by atoms with van der Waals surface area (Å²) in [5.41, 5.74) is 0.533. The van der Waals surface area contributed by atoms with Crippen molar-refractivity contribution in [2.75, 3.05) is 5.75 Å². The quantitative estimate of drug-likeness (QED) is 0.820. The lowest BCUT2D eigenvalue weighted by molar-refractivity contribution is -0.120. The first-order valence-electron chi connectivity index (χ1n) is 7.05. The lowest BCUT2D eigenvalue weighted by atomic mass is 10.0. The summed E-state index contributed by atoms with van der Waals surface area (Å²) < 4.78 is 18.5. The van der Waals surface area contributed by atoms with Gasteiger partial charge in [0.15, 0.2) is 5.76 Å². The Morgan fingerprint density at radius 3 is 2.68 bits per heavy atom. The molecule has 1 amide bonds. The van der Waals surface area contributed by atoms with E-state index in [-0.39, 0.29) is 23.0 Å². The van der Waals surface area contributed by atoms with Crippen LogP contribution in [0, 0.1) is 5.82 Å². The van der Waals surface area contributed by atoms with E-state index in [9.17, 15) is 9.18 Å². The number of aromatic nitrogens is 1. The van der Waals surface area contributed by atoms with Gasteiger partial charge in [0.25, 0.3) is 5.22 Å². The minimum Gasteiger partial charge on any atom is -0.431 e. The SMILES string of the molecule is CCC(C)(C)NC(=O)CSc1ncc(-c2ccc(F)cc2)o1. The van der Waals surface area contributed by atoms with E-state index in [4.69, 9.17) is 4.42 Å². The molecule has 1 aromatic carbocycles. The zero-order valence-corrected chi connectivity index (χ0v) is 13.7. The number of carbonyl (C=O) groups excluding carboxylic acids is 1. The number of halogens is 1. The van der Waals surface area contributed by atoms with E-state index in [0.717, 1.165) is 12.0 Å². The summed E-state index contributed by atoms with van der Waals surface area (Å²) in [7, 11) is 0. The van der Waals surface area contributed by atoms with Crippen molar-refractivity contribution in [2.24, 2.45) is 0 Å². The van der Waals surface area contributed by atoms with E-state index in [0.29, 0.717) is 11.0 Å². The molecule has 1 N–H and O–H groups in total. The molecule has 0 bridgehead atoms. The third-order valence-electron chi connectivity index (χ3n) is 3.30. The van der Waals surface area contributed by atoms with Crippen LogP contribution in [0.4, 0.5) is 4.39 Å². The van der Waals surface area contributed by atoms with Crippen molar-refractivity contribution in [1.82, 2.24) is 10.3 Å². The molecule has 0 unspecified atom stereocenters. The van der Waals surface area contributed by atoms with Gasteiger partial charge in [-0.1, -0.05) is 18.7 Å². The van der Waals surface area contributed by atoms with Crippen LogP contribution in [0.1, 0.15) is 27.2 Å². The molecule has 1 aromatic heterocycles. The third-order valence-corrected chi connectivity index (χ3v) is 4.14. The molecular formula is C16H19FN2O2S. The maximum Gasteiger partial charge on any atom is 0.256 e. The zero-order valence-electron chi connectivity index (χ0n) is 12.9. The van der Waals surface area contributed by atoms with E-state index >= 15 is 0 Å². The summed E-state index contributed by atoms with van der Waals surface area (Å²) in [6.45, 7) is 5.98. The van der Waals surface area contributed by atoms with Gasteiger partial charge in [-0.25, -0.2) is 9.37 Å². The average Bonchev–Trinajstić information content (AvgIpc) is 2.94. The van der Waals surface area contributed by atoms with Crippen LogP contribution in [0.25, 0.3) is 11.3 Å². The van der Waals surface area contributed by atoms with Crippen molar-refractivity contribution in [1.29, 1.82) is 0 Å². The summed E-state index contributed by atoms with van der Waals surface area (Å²) >= 11 is 1.23. The number of hydrogen-bond donors (Lipinski definition) is 1. The van der Waals surface area contributed by atoms with Crippen molar-refractivity contribution in [3.8, 4) is 11.3 Å². The number of oxazole rings is 1. The second-order valence-electron chi connectivity index (χ2n) is 5.57. The van der Waals surface area contributed by atoms with Gasteiger partial charge < -0.3 is 9.73 Å². The molecule has 0 saturated carbocycles. The minimum atomic E-state index is -0.298. The molecule has 0 fully saturated rings. The molecule has 22 heavy (non-hydrogen) atoms. The Morgan fingerprint density at radius 2 is 2.05 bits per heavy atom. The number of rotatable bonds is 6. The van der Waals surface area contributed by atoms with Gasteiger partial charge in [0, 0.05) is 11.1 Å². The highest BCUT2D eigenvalue weighted by molar-refractivity contribution is 7.99. The molecule has 0 saturated heterocycles. The van der Waals surface area contributed by atoms with Gasteiger partial charge >= 0.3 is 0 Å². The molecule has 0 atom stereocenters. The largest absolute Gasteiger partial charge is 0.431 e. The fourth-order valence-corrected chi connectivity index (χ4v) is 2.30. The van der Waals surface area contributed by atoms with Crippen LogP contribution < -0.4 is 5.32 Å². The van der Waals surface area contributed by atoms with Crippen molar-refractivity contribution in [3.63, 3.8) is 0 Å². The number of amides is 1. The van der Waals surface area contributed by atoms with Crippen LogP contribution >= 0.6 is 11.8 Å². The van der Waals surface area contributed by atoms with E-state index < -0.39 is 0 Å². The third kappa shape index (κ3) is 4.59. The molecule has 4 nitrogen and oxygen atoms in total. The number of benzene rings is 1. The number of carbonyl (C=O) groups is 1. The van der Waals surface area contributed by atoms with Gasteiger partial charge in [0.1, 0.15) is 5.82 Å². The first-order valence-corrected chi connectivity index (χ1v) is 8.04. The maximum atomic E-state index is 12.9. The molecule has 0 spiro atoms. The summed E-state index contributed by atoms with van der Waals surface area (Å²) in [4.78, 5) is 16.0. The van der Waals surface area contributed by atoms with Crippen molar-refractivity contribution in [2.45, 2.75) is 38.0 Å². The number of thioether (sulfide) groups is 1.